The van der Waals surface area contributed by atoms with Crippen molar-refractivity contribution in [3.63, 3.8) is 0 Å². The number of nitrogens with zero attached hydrogens (tertiary/aromatic N) is 1. The lowest BCUT2D eigenvalue weighted by molar-refractivity contribution is -0.129. The molecule has 0 unspecified atom stereocenters. The van der Waals surface area contributed by atoms with Gasteiger partial charge in [0.15, 0.2) is 0 Å². The van der Waals surface area contributed by atoms with Gasteiger partial charge in [0.05, 0.1) is 0 Å². The fraction of sp³-hybridized carbons (Fsp3) is 0.500. The van der Waals surface area contributed by atoms with Crippen molar-refractivity contribution in [3.8, 4) is 0 Å². The summed E-state index contributed by atoms with van der Waals surface area (Å²) in [4.78, 5) is 13.6. The second kappa shape index (κ2) is 6.94. The van der Waals surface area contributed by atoms with Gasteiger partial charge < -0.3 is 10.6 Å². The molecule has 1 rings (SSSR count). The van der Waals surface area contributed by atoms with Crippen LogP contribution >= 0.6 is 0 Å². The predicted molar refractivity (Wildman–Crippen MR) is 71.7 cm³/mol. The zero-order chi connectivity index (χ0) is 12.7. The summed E-state index contributed by atoms with van der Waals surface area (Å²) >= 11 is 0. The highest BCUT2D eigenvalue weighted by atomic mass is 16.2. The summed E-state index contributed by atoms with van der Waals surface area (Å²) in [5.41, 5.74) is 7.58. The third kappa shape index (κ3) is 4.89. The third-order valence-corrected chi connectivity index (χ3v) is 2.85. The SMILES string of the molecule is CCCCN(C)C(=O)CCc1cccc(N)c1. The molecule has 0 aromatic heterocycles. The average Bonchev–Trinajstić information content (AvgIpc) is 2.33. The van der Waals surface area contributed by atoms with Crippen molar-refractivity contribution >= 4 is 11.6 Å². The summed E-state index contributed by atoms with van der Waals surface area (Å²) < 4.78 is 0. The van der Waals surface area contributed by atoms with Crippen LogP contribution in [0.3, 0.4) is 0 Å². The number of carbonyl (C=O) groups excluding carboxylic acids is 1. The molecule has 0 heterocycles. The van der Waals surface area contributed by atoms with E-state index < -0.39 is 0 Å². The first-order valence-corrected chi connectivity index (χ1v) is 6.22. The number of nitrogen functional groups attached to an aromatic ring is 1. The van der Waals surface area contributed by atoms with E-state index in [9.17, 15) is 4.79 Å². The summed E-state index contributed by atoms with van der Waals surface area (Å²) in [5.74, 6) is 0.209. The molecule has 0 saturated carbocycles. The highest BCUT2D eigenvalue weighted by Gasteiger charge is 2.07. The molecule has 0 fully saturated rings. The van der Waals surface area contributed by atoms with Crippen LogP contribution in [0.2, 0.25) is 0 Å². The number of anilines is 1. The van der Waals surface area contributed by atoms with Gasteiger partial charge in [-0.3, -0.25) is 4.79 Å². The van der Waals surface area contributed by atoms with Crippen molar-refractivity contribution in [2.24, 2.45) is 0 Å². The van der Waals surface area contributed by atoms with E-state index in [1.165, 1.54) is 0 Å². The molecule has 94 valence electrons. The Bertz CT molecular complexity index is 363. The van der Waals surface area contributed by atoms with Crippen molar-refractivity contribution in [2.45, 2.75) is 32.6 Å². The molecule has 1 aromatic carbocycles. The Hall–Kier alpha value is -1.51. The summed E-state index contributed by atoms with van der Waals surface area (Å²) in [6, 6.07) is 7.73. The molecule has 3 nitrogen and oxygen atoms in total. The van der Waals surface area contributed by atoms with E-state index in [1.807, 2.05) is 36.2 Å². The van der Waals surface area contributed by atoms with E-state index in [1.54, 1.807) is 0 Å². The lowest BCUT2D eigenvalue weighted by Crippen LogP contribution is -2.27. The number of nitrogens with two attached hydrogens (primary N) is 1. The second-order valence-corrected chi connectivity index (χ2v) is 4.41. The number of hydrogen-bond donors (Lipinski definition) is 1. The van der Waals surface area contributed by atoms with Gasteiger partial charge in [-0.15, -0.1) is 0 Å². The number of unbranched alkanes of at least 4 members (excludes halogenated alkanes) is 1. The monoisotopic (exact) mass is 234 g/mol. The summed E-state index contributed by atoms with van der Waals surface area (Å²) in [5, 5.41) is 0. The molecule has 0 atom stereocenters. The molecule has 0 saturated heterocycles. The molecule has 0 aliphatic carbocycles. The summed E-state index contributed by atoms with van der Waals surface area (Å²) in [6.45, 7) is 2.98. The van der Waals surface area contributed by atoms with Crippen LogP contribution in [0.1, 0.15) is 31.7 Å². The van der Waals surface area contributed by atoms with Gasteiger partial charge in [0.1, 0.15) is 0 Å². The van der Waals surface area contributed by atoms with Crippen LogP contribution in [0.5, 0.6) is 0 Å². The lowest BCUT2D eigenvalue weighted by Gasteiger charge is -2.16. The van der Waals surface area contributed by atoms with Gasteiger partial charge in [-0.2, -0.15) is 0 Å². The van der Waals surface area contributed by atoms with Gasteiger partial charge in [0, 0.05) is 25.7 Å². The van der Waals surface area contributed by atoms with Crippen LogP contribution in [0.15, 0.2) is 24.3 Å². The molecule has 2 N–H and O–H groups in total. The average molecular weight is 234 g/mol. The van der Waals surface area contributed by atoms with Crippen molar-refractivity contribution in [1.82, 2.24) is 4.90 Å². The van der Waals surface area contributed by atoms with Crippen LogP contribution in [0, 0.1) is 0 Å². The van der Waals surface area contributed by atoms with Crippen LogP contribution in [0.25, 0.3) is 0 Å². The van der Waals surface area contributed by atoms with Crippen LogP contribution < -0.4 is 5.73 Å². The second-order valence-electron chi connectivity index (χ2n) is 4.41. The van der Waals surface area contributed by atoms with Crippen molar-refractivity contribution in [2.75, 3.05) is 19.3 Å². The van der Waals surface area contributed by atoms with Crippen molar-refractivity contribution < 1.29 is 4.79 Å². The largest absolute Gasteiger partial charge is 0.399 e. The molecular formula is C14H22N2O. The number of rotatable bonds is 6. The molecule has 17 heavy (non-hydrogen) atoms. The Morgan fingerprint density at radius 2 is 2.18 bits per heavy atom. The topological polar surface area (TPSA) is 46.3 Å². The summed E-state index contributed by atoms with van der Waals surface area (Å²) in [7, 11) is 1.87. The highest BCUT2D eigenvalue weighted by Crippen LogP contribution is 2.09. The Kier molecular flexibility index (Phi) is 5.53. The fourth-order valence-corrected chi connectivity index (χ4v) is 1.71. The van der Waals surface area contributed by atoms with Gasteiger partial charge in [0.2, 0.25) is 5.91 Å². The highest BCUT2D eigenvalue weighted by molar-refractivity contribution is 5.76. The lowest BCUT2D eigenvalue weighted by atomic mass is 10.1. The first-order valence-electron chi connectivity index (χ1n) is 6.22. The van der Waals surface area contributed by atoms with Crippen LogP contribution in [-0.4, -0.2) is 24.4 Å². The van der Waals surface area contributed by atoms with E-state index in [4.69, 9.17) is 5.73 Å². The maximum Gasteiger partial charge on any atom is 0.222 e. The minimum atomic E-state index is 0.209. The molecule has 0 aliphatic rings. The standard InChI is InChI=1S/C14H22N2O/c1-3-4-10-16(2)14(17)9-8-12-6-5-7-13(15)11-12/h5-7,11H,3-4,8-10,15H2,1-2H3. The van der Waals surface area contributed by atoms with E-state index in [2.05, 4.69) is 6.92 Å². The smallest absolute Gasteiger partial charge is 0.222 e. The minimum Gasteiger partial charge on any atom is -0.399 e. The Morgan fingerprint density at radius 1 is 1.41 bits per heavy atom. The molecule has 0 aliphatic heterocycles. The molecule has 0 spiro atoms. The minimum absolute atomic E-state index is 0.209. The van der Waals surface area contributed by atoms with Gasteiger partial charge in [-0.25, -0.2) is 0 Å². The summed E-state index contributed by atoms with van der Waals surface area (Å²) in [6.07, 6.45) is 3.51. The third-order valence-electron chi connectivity index (χ3n) is 2.85. The van der Waals surface area contributed by atoms with E-state index in [0.29, 0.717) is 6.42 Å². The molecule has 1 amide bonds. The Balaban J connectivity index is 2.37. The Morgan fingerprint density at radius 3 is 2.82 bits per heavy atom. The zero-order valence-electron chi connectivity index (χ0n) is 10.8. The van der Waals surface area contributed by atoms with Gasteiger partial charge >= 0.3 is 0 Å². The molecular weight excluding hydrogens is 212 g/mol. The molecule has 0 radical (unpaired) electrons. The van der Waals surface area contributed by atoms with E-state index in [-0.39, 0.29) is 5.91 Å². The predicted octanol–water partition coefficient (Wildman–Crippen LogP) is 2.46. The number of benzene rings is 1. The molecule has 1 aromatic rings. The normalized spacial score (nSPS) is 10.2. The van der Waals surface area contributed by atoms with Crippen molar-refractivity contribution in [1.29, 1.82) is 0 Å². The zero-order valence-corrected chi connectivity index (χ0v) is 10.8. The number of hydrogen-bond acceptors (Lipinski definition) is 2. The van der Waals surface area contributed by atoms with Gasteiger partial charge in [-0.1, -0.05) is 25.5 Å². The first kappa shape index (κ1) is 13.6. The molecule has 0 bridgehead atoms. The Labute approximate surface area is 104 Å². The maximum atomic E-state index is 11.8. The fourth-order valence-electron chi connectivity index (χ4n) is 1.71. The first-order chi connectivity index (χ1) is 8.13. The quantitative estimate of drug-likeness (QED) is 0.768. The number of amides is 1. The number of aryl methyl sites for hydroxylation is 1. The molecule has 3 heteroatoms. The van der Waals surface area contributed by atoms with Crippen molar-refractivity contribution in [3.05, 3.63) is 29.8 Å². The van der Waals surface area contributed by atoms with Crippen LogP contribution in [-0.2, 0) is 11.2 Å². The van der Waals surface area contributed by atoms with Crippen LogP contribution in [0.4, 0.5) is 5.69 Å². The van der Waals surface area contributed by atoms with E-state index >= 15 is 0 Å². The number of carbonyl (C=O) groups is 1. The maximum absolute atomic E-state index is 11.8. The van der Waals surface area contributed by atoms with Gasteiger partial charge in [-0.05, 0) is 30.5 Å². The van der Waals surface area contributed by atoms with Gasteiger partial charge in [0.25, 0.3) is 0 Å². The van der Waals surface area contributed by atoms with E-state index in [0.717, 1.165) is 37.1 Å².